The summed E-state index contributed by atoms with van der Waals surface area (Å²) in [5.74, 6) is 0.934. The molecular weight excluding hydrogens is 390 g/mol. The van der Waals surface area contributed by atoms with Crippen LogP contribution >= 0.6 is 11.8 Å². The Morgan fingerprint density at radius 1 is 1.10 bits per heavy atom. The highest BCUT2D eigenvalue weighted by Gasteiger charge is 2.14. The average Bonchev–Trinajstić information content (AvgIpc) is 3.13. The van der Waals surface area contributed by atoms with Crippen LogP contribution in [0.5, 0.6) is 5.75 Å². The summed E-state index contributed by atoms with van der Waals surface area (Å²) >= 11 is 1.30. The Morgan fingerprint density at radius 2 is 1.83 bits per heavy atom. The van der Waals surface area contributed by atoms with Gasteiger partial charge in [0.05, 0.1) is 5.75 Å². The Hall–Kier alpha value is -3.33. The van der Waals surface area contributed by atoms with Crippen molar-refractivity contribution in [1.29, 1.82) is 0 Å². The molecule has 0 saturated heterocycles. The van der Waals surface area contributed by atoms with Gasteiger partial charge >= 0.3 is 0 Å². The molecule has 150 valence electrons. The third kappa shape index (κ3) is 5.58. The molecule has 0 unspecified atom stereocenters. The number of anilines is 1. The number of primary amides is 1. The molecule has 0 saturated carbocycles. The van der Waals surface area contributed by atoms with Crippen molar-refractivity contribution in [3.05, 3.63) is 66.0 Å². The number of ether oxygens (including phenoxy) is 1. The molecular formula is C20H21N5O3S. The lowest BCUT2D eigenvalue weighted by Crippen LogP contribution is -2.15. The fourth-order valence-corrected chi connectivity index (χ4v) is 3.38. The van der Waals surface area contributed by atoms with Crippen LogP contribution in [0, 0.1) is 0 Å². The molecule has 3 N–H and O–H groups in total. The SMILES string of the molecule is CCn1c(COc2ccccc2)nnc1SCC(=O)Nc1ccc(C(N)=O)cc1. The second-order valence-electron chi connectivity index (χ2n) is 6.02. The minimum absolute atomic E-state index is 0.176. The molecule has 0 aliphatic carbocycles. The number of carbonyl (C=O) groups excluding carboxylic acids is 2. The Labute approximate surface area is 172 Å². The largest absolute Gasteiger partial charge is 0.486 e. The maximum atomic E-state index is 12.2. The number of rotatable bonds is 9. The molecule has 0 atom stereocenters. The van der Waals surface area contributed by atoms with Gasteiger partial charge in [-0.3, -0.25) is 9.59 Å². The number of benzene rings is 2. The van der Waals surface area contributed by atoms with Crippen molar-refractivity contribution in [2.45, 2.75) is 25.2 Å². The van der Waals surface area contributed by atoms with Crippen LogP contribution in [0.4, 0.5) is 5.69 Å². The number of hydrogen-bond donors (Lipinski definition) is 2. The topological polar surface area (TPSA) is 112 Å². The quantitative estimate of drug-likeness (QED) is 0.524. The number of para-hydroxylation sites is 1. The summed E-state index contributed by atoms with van der Waals surface area (Å²) in [7, 11) is 0. The normalized spacial score (nSPS) is 10.5. The molecule has 2 amide bonds. The fourth-order valence-electron chi connectivity index (χ4n) is 2.56. The van der Waals surface area contributed by atoms with Gasteiger partial charge < -0.3 is 20.4 Å². The summed E-state index contributed by atoms with van der Waals surface area (Å²) in [6.07, 6.45) is 0. The maximum Gasteiger partial charge on any atom is 0.248 e. The summed E-state index contributed by atoms with van der Waals surface area (Å²) in [6.45, 7) is 2.95. The lowest BCUT2D eigenvalue weighted by atomic mass is 10.2. The highest BCUT2D eigenvalue weighted by molar-refractivity contribution is 7.99. The van der Waals surface area contributed by atoms with E-state index in [1.165, 1.54) is 11.8 Å². The van der Waals surface area contributed by atoms with Crippen molar-refractivity contribution in [3.8, 4) is 5.75 Å². The zero-order chi connectivity index (χ0) is 20.6. The van der Waals surface area contributed by atoms with Crippen LogP contribution in [-0.2, 0) is 17.9 Å². The van der Waals surface area contributed by atoms with Crippen molar-refractivity contribution in [2.75, 3.05) is 11.1 Å². The molecule has 8 nitrogen and oxygen atoms in total. The number of nitrogens with two attached hydrogens (primary N) is 1. The van der Waals surface area contributed by atoms with E-state index in [0.29, 0.717) is 35.4 Å². The predicted molar refractivity (Wildman–Crippen MR) is 111 cm³/mol. The van der Waals surface area contributed by atoms with Crippen LogP contribution in [0.15, 0.2) is 59.8 Å². The second-order valence-corrected chi connectivity index (χ2v) is 6.97. The highest BCUT2D eigenvalue weighted by Crippen LogP contribution is 2.19. The number of thioether (sulfide) groups is 1. The Kier molecular flexibility index (Phi) is 6.85. The molecule has 0 aliphatic heterocycles. The summed E-state index contributed by atoms with van der Waals surface area (Å²) in [5, 5.41) is 11.8. The van der Waals surface area contributed by atoms with E-state index in [-0.39, 0.29) is 11.7 Å². The number of nitrogens with zero attached hydrogens (tertiary/aromatic N) is 3. The fraction of sp³-hybridized carbons (Fsp3) is 0.200. The average molecular weight is 411 g/mol. The van der Waals surface area contributed by atoms with E-state index in [9.17, 15) is 9.59 Å². The molecule has 1 heterocycles. The van der Waals surface area contributed by atoms with Crippen LogP contribution in [0.2, 0.25) is 0 Å². The van der Waals surface area contributed by atoms with Crippen LogP contribution in [-0.4, -0.2) is 32.3 Å². The number of amides is 2. The first-order valence-corrected chi connectivity index (χ1v) is 9.98. The molecule has 29 heavy (non-hydrogen) atoms. The molecule has 2 aromatic carbocycles. The van der Waals surface area contributed by atoms with Crippen molar-refractivity contribution >= 4 is 29.3 Å². The van der Waals surface area contributed by atoms with Gasteiger partial charge in [-0.25, -0.2) is 0 Å². The van der Waals surface area contributed by atoms with E-state index in [1.807, 2.05) is 41.8 Å². The van der Waals surface area contributed by atoms with Gasteiger partial charge in [-0.05, 0) is 43.3 Å². The molecule has 9 heteroatoms. The lowest BCUT2D eigenvalue weighted by molar-refractivity contribution is -0.113. The van der Waals surface area contributed by atoms with E-state index in [2.05, 4.69) is 15.5 Å². The summed E-state index contributed by atoms with van der Waals surface area (Å²) < 4.78 is 7.65. The predicted octanol–water partition coefficient (Wildman–Crippen LogP) is 2.71. The first-order valence-electron chi connectivity index (χ1n) is 8.99. The Balaban J connectivity index is 1.55. The molecule has 0 aliphatic rings. The zero-order valence-electron chi connectivity index (χ0n) is 15.9. The van der Waals surface area contributed by atoms with Gasteiger partial charge in [-0.2, -0.15) is 0 Å². The lowest BCUT2D eigenvalue weighted by Gasteiger charge is -2.09. The first kappa shape index (κ1) is 20.4. The van der Waals surface area contributed by atoms with Crippen LogP contribution in [0.1, 0.15) is 23.1 Å². The molecule has 1 aromatic heterocycles. The minimum Gasteiger partial charge on any atom is -0.486 e. The van der Waals surface area contributed by atoms with Crippen molar-refractivity contribution in [1.82, 2.24) is 14.8 Å². The number of hydrogen-bond acceptors (Lipinski definition) is 6. The molecule has 0 spiro atoms. The highest BCUT2D eigenvalue weighted by atomic mass is 32.2. The van der Waals surface area contributed by atoms with Gasteiger partial charge in [-0.1, -0.05) is 30.0 Å². The van der Waals surface area contributed by atoms with E-state index >= 15 is 0 Å². The smallest absolute Gasteiger partial charge is 0.248 e. The molecule has 3 rings (SSSR count). The zero-order valence-corrected chi connectivity index (χ0v) is 16.7. The third-order valence-electron chi connectivity index (χ3n) is 4.01. The molecule has 3 aromatic rings. The van der Waals surface area contributed by atoms with E-state index in [4.69, 9.17) is 10.5 Å². The van der Waals surface area contributed by atoms with Crippen LogP contribution in [0.3, 0.4) is 0 Å². The van der Waals surface area contributed by atoms with Gasteiger partial charge in [0.25, 0.3) is 0 Å². The third-order valence-corrected chi connectivity index (χ3v) is 4.97. The van der Waals surface area contributed by atoms with Crippen LogP contribution in [0.25, 0.3) is 0 Å². The van der Waals surface area contributed by atoms with Gasteiger partial charge in [0.2, 0.25) is 11.8 Å². The maximum absolute atomic E-state index is 12.2. The van der Waals surface area contributed by atoms with E-state index in [1.54, 1.807) is 24.3 Å². The molecule has 0 bridgehead atoms. The van der Waals surface area contributed by atoms with Gasteiger partial charge in [0, 0.05) is 17.8 Å². The van der Waals surface area contributed by atoms with Crippen molar-refractivity contribution in [2.24, 2.45) is 5.73 Å². The number of aromatic nitrogens is 3. The van der Waals surface area contributed by atoms with Gasteiger partial charge in [0.1, 0.15) is 12.4 Å². The van der Waals surface area contributed by atoms with E-state index in [0.717, 1.165) is 5.75 Å². The number of carbonyl (C=O) groups is 2. The second kappa shape index (κ2) is 9.74. The minimum atomic E-state index is -0.510. The number of nitrogens with one attached hydrogen (secondary N) is 1. The molecule has 0 radical (unpaired) electrons. The molecule has 0 fully saturated rings. The standard InChI is InChI=1S/C20H21N5O3S/c1-2-25-17(12-28-16-6-4-3-5-7-16)23-24-20(25)29-13-18(26)22-15-10-8-14(9-11-15)19(21)27/h3-11H,2,12-13H2,1H3,(H2,21,27)(H,22,26). The van der Waals surface area contributed by atoms with Gasteiger partial charge in [-0.15, -0.1) is 10.2 Å². The summed E-state index contributed by atoms with van der Waals surface area (Å²) in [6, 6.07) is 15.9. The monoisotopic (exact) mass is 411 g/mol. The summed E-state index contributed by atoms with van der Waals surface area (Å²) in [4.78, 5) is 23.3. The van der Waals surface area contributed by atoms with Crippen molar-refractivity contribution in [3.63, 3.8) is 0 Å². The Morgan fingerprint density at radius 3 is 2.48 bits per heavy atom. The first-order chi connectivity index (χ1) is 14.1. The van der Waals surface area contributed by atoms with Crippen LogP contribution < -0.4 is 15.8 Å². The van der Waals surface area contributed by atoms with Crippen molar-refractivity contribution < 1.29 is 14.3 Å². The Bertz CT molecular complexity index is 974. The van der Waals surface area contributed by atoms with E-state index < -0.39 is 5.91 Å². The summed E-state index contributed by atoms with van der Waals surface area (Å²) in [5.41, 5.74) is 6.19. The van der Waals surface area contributed by atoms with Gasteiger partial charge in [0.15, 0.2) is 11.0 Å².